The highest BCUT2D eigenvalue weighted by Crippen LogP contribution is 2.31. The second-order valence-electron chi connectivity index (χ2n) is 4.54. The average molecular weight is 343 g/mol. The van der Waals surface area contributed by atoms with E-state index in [9.17, 15) is 23.2 Å². The Morgan fingerprint density at radius 2 is 2.04 bits per heavy atom. The number of carbonyl (C=O) groups excluding carboxylic acids is 1. The molecule has 1 aromatic carbocycles. The zero-order valence-electron chi connectivity index (χ0n) is 11.1. The molecule has 0 aliphatic carbocycles. The summed E-state index contributed by atoms with van der Waals surface area (Å²) in [7, 11) is 0. The van der Waals surface area contributed by atoms with Gasteiger partial charge in [0.2, 0.25) is 11.2 Å². The van der Waals surface area contributed by atoms with Crippen molar-refractivity contribution in [3.05, 3.63) is 64.0 Å². The molecule has 9 heteroatoms. The Labute approximate surface area is 131 Å². The maximum absolute atomic E-state index is 13.2. The number of nitrogens with zero attached hydrogens (tertiary/aromatic N) is 2. The van der Waals surface area contributed by atoms with Crippen LogP contribution in [-0.4, -0.2) is 10.8 Å². The summed E-state index contributed by atoms with van der Waals surface area (Å²) < 4.78 is 44.3. The van der Waals surface area contributed by atoms with Crippen LogP contribution in [0.5, 0.6) is 0 Å². The molecule has 0 amide bonds. The summed E-state index contributed by atoms with van der Waals surface area (Å²) in [5.74, 6) is -1.62. The average Bonchev–Trinajstić information content (AvgIpc) is 3.00. The normalized spacial score (nSPS) is 11.8. The number of ketones is 1. The number of carbonyl (C=O) groups is 1. The van der Waals surface area contributed by atoms with E-state index in [4.69, 9.17) is 16.0 Å². The lowest BCUT2D eigenvalue weighted by molar-refractivity contribution is -0.581. The lowest BCUT2D eigenvalue weighted by atomic mass is 10.1. The van der Waals surface area contributed by atoms with Crippen LogP contribution >= 0.6 is 11.6 Å². The van der Waals surface area contributed by atoms with Crippen LogP contribution in [0.25, 0.3) is 11.0 Å². The van der Waals surface area contributed by atoms with Crippen LogP contribution in [0.3, 0.4) is 0 Å². The van der Waals surface area contributed by atoms with E-state index in [0.29, 0.717) is 0 Å². The topological polar surface area (TPSA) is 70.0 Å². The van der Waals surface area contributed by atoms with Crippen molar-refractivity contribution in [1.29, 1.82) is 0 Å². The molecule has 0 atom stereocenters. The predicted molar refractivity (Wildman–Crippen MR) is 72.9 cm³/mol. The van der Waals surface area contributed by atoms with Crippen LogP contribution in [0.2, 0.25) is 5.02 Å². The maximum Gasteiger partial charge on any atom is 0.440 e. The highest BCUT2D eigenvalue weighted by molar-refractivity contribution is 6.31. The van der Waals surface area contributed by atoms with Gasteiger partial charge in [-0.25, -0.2) is 4.98 Å². The molecular weight excluding hydrogens is 337 g/mol. The fraction of sp³-hybridized carbons (Fsp3) is 0.0714. The van der Waals surface area contributed by atoms with Gasteiger partial charge < -0.3 is 9.62 Å². The van der Waals surface area contributed by atoms with Gasteiger partial charge in [-0.3, -0.25) is 4.79 Å². The molecule has 3 rings (SSSR count). The number of alkyl halides is 3. The second kappa shape index (κ2) is 5.24. The van der Waals surface area contributed by atoms with Crippen LogP contribution in [0.1, 0.15) is 21.9 Å². The molecule has 5 nitrogen and oxygen atoms in total. The van der Waals surface area contributed by atoms with Crippen molar-refractivity contribution in [2.24, 2.45) is 0 Å². The molecule has 3 aromatic rings. The van der Waals surface area contributed by atoms with E-state index in [-0.39, 0.29) is 20.8 Å². The highest BCUT2D eigenvalue weighted by Gasteiger charge is 2.44. The minimum atomic E-state index is -4.99. The Hall–Kier alpha value is -2.61. The molecule has 0 fully saturated rings. The van der Waals surface area contributed by atoms with Gasteiger partial charge in [-0.2, -0.15) is 17.9 Å². The highest BCUT2D eigenvalue weighted by atomic mass is 35.5. The second-order valence-corrected chi connectivity index (χ2v) is 4.98. The van der Waals surface area contributed by atoms with E-state index >= 15 is 0 Å². The summed E-state index contributed by atoms with van der Waals surface area (Å²) >= 11 is 5.75. The van der Waals surface area contributed by atoms with Crippen LogP contribution < -0.4 is 4.73 Å². The number of fused-ring (bicyclic) bond motifs is 1. The van der Waals surface area contributed by atoms with Crippen LogP contribution in [-0.2, 0) is 6.18 Å². The predicted octanol–water partition coefficient (Wildman–Crippen LogP) is 3.36. The summed E-state index contributed by atoms with van der Waals surface area (Å²) in [5, 5.41) is 12.5. The summed E-state index contributed by atoms with van der Waals surface area (Å²) in [4.78, 5) is 15.6. The molecule has 0 aliphatic rings. The van der Waals surface area contributed by atoms with Crippen molar-refractivity contribution < 1.29 is 27.1 Å². The van der Waals surface area contributed by atoms with Gasteiger partial charge in [0.25, 0.3) is 11.5 Å². The van der Waals surface area contributed by atoms with E-state index in [1.165, 1.54) is 18.2 Å². The number of benzene rings is 1. The zero-order chi connectivity index (χ0) is 16.8. The Morgan fingerprint density at radius 1 is 1.30 bits per heavy atom. The first-order chi connectivity index (χ1) is 10.8. The Bertz CT molecular complexity index is 908. The molecule has 2 heterocycles. The lowest BCUT2D eigenvalue weighted by Crippen LogP contribution is -2.40. The number of hydrogen-bond donors (Lipinski definition) is 0. The third-order valence-electron chi connectivity index (χ3n) is 3.04. The molecule has 0 saturated carbocycles. The Balaban J connectivity index is 2.37. The van der Waals surface area contributed by atoms with Crippen LogP contribution in [0.4, 0.5) is 13.2 Å². The van der Waals surface area contributed by atoms with Gasteiger partial charge in [0.1, 0.15) is 5.52 Å². The summed E-state index contributed by atoms with van der Waals surface area (Å²) in [6.45, 7) is 0. The SMILES string of the molecule is O=C(c1ccco1)c1c(C(F)(F)F)nc2ccc(Cl)cc2[n+]1[O-]. The van der Waals surface area contributed by atoms with Gasteiger partial charge in [-0.1, -0.05) is 11.6 Å². The minimum Gasteiger partial charge on any atom is -0.618 e. The lowest BCUT2D eigenvalue weighted by Gasteiger charge is -2.12. The van der Waals surface area contributed by atoms with Crippen molar-refractivity contribution in [2.75, 3.05) is 0 Å². The molecule has 23 heavy (non-hydrogen) atoms. The van der Waals surface area contributed by atoms with Crippen LogP contribution in [0, 0.1) is 5.21 Å². The first-order valence-corrected chi connectivity index (χ1v) is 6.55. The van der Waals surface area contributed by atoms with E-state index in [2.05, 4.69) is 4.98 Å². The Morgan fingerprint density at radius 3 is 2.65 bits per heavy atom. The molecule has 2 aromatic heterocycles. The summed E-state index contributed by atoms with van der Waals surface area (Å²) in [5.41, 5.74) is -3.22. The number of hydrogen-bond acceptors (Lipinski definition) is 4. The molecular formula is C14H6ClF3N2O3. The van der Waals surface area contributed by atoms with Crippen molar-refractivity contribution in [3.8, 4) is 0 Å². The van der Waals surface area contributed by atoms with Crippen LogP contribution in [0.15, 0.2) is 41.0 Å². The summed E-state index contributed by atoms with van der Waals surface area (Å²) in [6.07, 6.45) is -3.88. The molecule has 0 unspecified atom stereocenters. The van der Waals surface area contributed by atoms with Gasteiger partial charge in [0, 0.05) is 11.1 Å². The van der Waals surface area contributed by atoms with Gasteiger partial charge in [-0.05, 0) is 24.3 Å². The number of furan rings is 1. The fourth-order valence-electron chi connectivity index (χ4n) is 2.07. The molecule has 0 radical (unpaired) electrons. The van der Waals surface area contributed by atoms with Crippen molar-refractivity contribution in [3.63, 3.8) is 0 Å². The Kier molecular flexibility index (Phi) is 3.48. The third kappa shape index (κ3) is 2.61. The van der Waals surface area contributed by atoms with Crippen molar-refractivity contribution >= 4 is 28.4 Å². The molecule has 0 spiro atoms. The molecule has 118 valence electrons. The minimum absolute atomic E-state index is 0.123. The zero-order valence-corrected chi connectivity index (χ0v) is 11.9. The number of rotatable bonds is 2. The fourth-order valence-corrected chi connectivity index (χ4v) is 2.23. The largest absolute Gasteiger partial charge is 0.618 e. The first kappa shape index (κ1) is 15.3. The van der Waals surface area contributed by atoms with E-state index < -0.39 is 29.1 Å². The van der Waals surface area contributed by atoms with E-state index in [1.54, 1.807) is 0 Å². The number of halogens is 4. The standard InChI is InChI=1S/C14H6ClF3N2O3/c15-7-3-4-8-9(6-7)20(22)11(13(19-8)14(16,17)18)12(21)10-2-1-5-23-10/h1-6H. The van der Waals surface area contributed by atoms with Crippen molar-refractivity contribution in [1.82, 2.24) is 4.98 Å². The van der Waals surface area contributed by atoms with Gasteiger partial charge in [-0.15, -0.1) is 0 Å². The third-order valence-corrected chi connectivity index (χ3v) is 3.28. The molecule has 0 aliphatic heterocycles. The maximum atomic E-state index is 13.2. The molecule has 0 saturated heterocycles. The van der Waals surface area contributed by atoms with Gasteiger partial charge in [0.05, 0.1) is 6.26 Å². The summed E-state index contributed by atoms with van der Waals surface area (Å²) in [6, 6.07) is 6.08. The molecule has 0 bridgehead atoms. The smallest absolute Gasteiger partial charge is 0.440 e. The quantitative estimate of drug-likeness (QED) is 0.407. The van der Waals surface area contributed by atoms with Gasteiger partial charge >= 0.3 is 6.18 Å². The molecule has 0 N–H and O–H groups in total. The van der Waals surface area contributed by atoms with E-state index in [1.807, 2.05) is 0 Å². The number of aromatic nitrogens is 2. The van der Waals surface area contributed by atoms with Gasteiger partial charge in [0.15, 0.2) is 5.76 Å². The van der Waals surface area contributed by atoms with Crippen molar-refractivity contribution in [2.45, 2.75) is 6.18 Å². The van der Waals surface area contributed by atoms with E-state index in [0.717, 1.165) is 18.4 Å². The monoisotopic (exact) mass is 342 g/mol. The first-order valence-electron chi connectivity index (χ1n) is 6.17.